The van der Waals surface area contributed by atoms with Crippen molar-refractivity contribution in [2.45, 2.75) is 25.4 Å². The summed E-state index contributed by atoms with van der Waals surface area (Å²) in [5.41, 5.74) is 9.31. The molecule has 6 rings (SSSR count). The van der Waals surface area contributed by atoms with Crippen LogP contribution in [0.15, 0.2) is 78.9 Å². The van der Waals surface area contributed by atoms with Crippen LogP contribution in [0.5, 0.6) is 0 Å². The van der Waals surface area contributed by atoms with Gasteiger partial charge in [-0.25, -0.2) is 0 Å². The van der Waals surface area contributed by atoms with Crippen LogP contribution in [-0.2, 0) is 19.4 Å². The second kappa shape index (κ2) is 6.29. The third-order valence-corrected chi connectivity index (χ3v) is 6.37. The molecular weight excluding hydrogens is 340 g/mol. The molecule has 0 aliphatic carbocycles. The fourth-order valence-electron chi connectivity index (χ4n) is 4.92. The Morgan fingerprint density at radius 1 is 0.786 bits per heavy atom. The molecule has 2 heteroatoms. The summed E-state index contributed by atoms with van der Waals surface area (Å²) in [6, 6.07) is 29.1. The molecule has 3 heterocycles. The van der Waals surface area contributed by atoms with Gasteiger partial charge in [0.1, 0.15) is 0 Å². The lowest BCUT2D eigenvalue weighted by molar-refractivity contribution is 0.159. The van der Waals surface area contributed by atoms with E-state index in [1.54, 1.807) is 0 Å². The van der Waals surface area contributed by atoms with Crippen molar-refractivity contribution < 1.29 is 0 Å². The molecule has 0 fully saturated rings. The molecule has 28 heavy (non-hydrogen) atoms. The second-order valence-electron chi connectivity index (χ2n) is 8.01. The van der Waals surface area contributed by atoms with Crippen LogP contribution in [-0.4, -0.2) is 16.4 Å². The van der Waals surface area contributed by atoms with Gasteiger partial charge in [-0.15, -0.1) is 0 Å². The molecule has 0 bridgehead atoms. The first-order chi connectivity index (χ1) is 13.8. The maximum Gasteiger partial charge on any atom is 0.0705 e. The van der Waals surface area contributed by atoms with Crippen molar-refractivity contribution in [1.82, 2.24) is 9.88 Å². The molecule has 2 nitrogen and oxygen atoms in total. The van der Waals surface area contributed by atoms with Crippen LogP contribution in [0.2, 0.25) is 0 Å². The van der Waals surface area contributed by atoms with Gasteiger partial charge in [-0.05, 0) is 52.4 Å². The van der Waals surface area contributed by atoms with Gasteiger partial charge in [0.05, 0.1) is 5.52 Å². The van der Waals surface area contributed by atoms with E-state index in [2.05, 4.69) is 83.8 Å². The van der Waals surface area contributed by atoms with Crippen LogP contribution < -0.4 is 0 Å². The number of pyridine rings is 1. The first-order valence-corrected chi connectivity index (χ1v) is 10.1. The van der Waals surface area contributed by atoms with Crippen molar-refractivity contribution in [3.8, 4) is 11.1 Å². The highest BCUT2D eigenvalue weighted by atomic mass is 15.2. The summed E-state index contributed by atoms with van der Waals surface area (Å²) < 4.78 is 0. The number of hydrogen-bond donors (Lipinski definition) is 0. The van der Waals surface area contributed by atoms with E-state index in [1.807, 2.05) is 0 Å². The molecule has 0 saturated heterocycles. The Hall–Kier alpha value is -2.97. The molecule has 0 spiro atoms. The highest BCUT2D eigenvalue weighted by Gasteiger charge is 2.32. The zero-order chi connectivity index (χ0) is 18.5. The number of benzene rings is 3. The van der Waals surface area contributed by atoms with E-state index in [1.165, 1.54) is 38.9 Å². The third kappa shape index (κ3) is 2.56. The van der Waals surface area contributed by atoms with Crippen molar-refractivity contribution in [2.24, 2.45) is 0 Å². The maximum atomic E-state index is 5.09. The number of nitrogens with zero attached hydrogens (tertiary/aromatic N) is 2. The molecule has 4 aromatic rings. The molecule has 1 atom stereocenters. The molecule has 0 radical (unpaired) electrons. The Morgan fingerprint density at radius 2 is 1.64 bits per heavy atom. The van der Waals surface area contributed by atoms with Gasteiger partial charge in [-0.1, -0.05) is 60.7 Å². The predicted octanol–water partition coefficient (Wildman–Crippen LogP) is 5.56. The largest absolute Gasteiger partial charge is 0.291 e. The Labute approximate surface area is 165 Å². The van der Waals surface area contributed by atoms with Crippen molar-refractivity contribution in [2.75, 3.05) is 6.54 Å². The fraction of sp³-hybridized carbons (Fsp3) is 0.192. The number of hydrogen-bond acceptors (Lipinski definition) is 2. The average Bonchev–Trinajstić information content (AvgIpc) is 2.76. The molecule has 136 valence electrons. The lowest BCUT2D eigenvalue weighted by Gasteiger charge is -2.41. The van der Waals surface area contributed by atoms with E-state index in [0.717, 1.165) is 31.4 Å². The first-order valence-electron chi connectivity index (χ1n) is 10.1. The summed E-state index contributed by atoms with van der Waals surface area (Å²) in [7, 11) is 0. The highest BCUT2D eigenvalue weighted by Crippen LogP contribution is 2.38. The van der Waals surface area contributed by atoms with Gasteiger partial charge in [-0.2, -0.15) is 0 Å². The number of fused-ring (bicyclic) bond motifs is 5. The van der Waals surface area contributed by atoms with Crippen molar-refractivity contribution >= 4 is 10.9 Å². The Kier molecular flexibility index (Phi) is 3.60. The van der Waals surface area contributed by atoms with Crippen molar-refractivity contribution in [3.05, 3.63) is 101 Å². The van der Waals surface area contributed by atoms with Gasteiger partial charge in [0.15, 0.2) is 0 Å². The normalized spacial score (nSPS) is 18.4. The first kappa shape index (κ1) is 16.0. The Morgan fingerprint density at radius 3 is 2.57 bits per heavy atom. The van der Waals surface area contributed by atoms with Gasteiger partial charge in [0.25, 0.3) is 0 Å². The summed E-state index contributed by atoms with van der Waals surface area (Å²) in [6.07, 6.45) is 2.17. The van der Waals surface area contributed by atoms with Crippen molar-refractivity contribution in [3.63, 3.8) is 0 Å². The average molecular weight is 362 g/mol. The topological polar surface area (TPSA) is 16.1 Å². The van der Waals surface area contributed by atoms with Crippen molar-refractivity contribution in [1.29, 1.82) is 0 Å². The minimum Gasteiger partial charge on any atom is -0.291 e. The SMILES string of the molecule is c1ccc(-c2ccc3nc4c(cc3c2)CN2CCc3ccccc3C2C4)cc1. The van der Waals surface area contributed by atoms with E-state index in [4.69, 9.17) is 4.98 Å². The minimum absolute atomic E-state index is 0.478. The molecule has 0 amide bonds. The monoisotopic (exact) mass is 362 g/mol. The Balaban J connectivity index is 1.42. The lowest BCUT2D eigenvalue weighted by atomic mass is 9.85. The van der Waals surface area contributed by atoms with Crippen LogP contribution in [0.25, 0.3) is 22.0 Å². The van der Waals surface area contributed by atoms with Gasteiger partial charge in [0.2, 0.25) is 0 Å². The zero-order valence-electron chi connectivity index (χ0n) is 15.8. The maximum absolute atomic E-state index is 5.09. The number of rotatable bonds is 1. The molecule has 0 N–H and O–H groups in total. The van der Waals surface area contributed by atoms with E-state index < -0.39 is 0 Å². The van der Waals surface area contributed by atoms with Crippen LogP contribution in [0.1, 0.15) is 28.4 Å². The molecule has 2 aliphatic rings. The molecule has 3 aromatic carbocycles. The van der Waals surface area contributed by atoms with Gasteiger partial charge in [0, 0.05) is 36.6 Å². The smallest absolute Gasteiger partial charge is 0.0705 e. The number of aromatic nitrogens is 1. The van der Waals surface area contributed by atoms with Gasteiger partial charge >= 0.3 is 0 Å². The summed E-state index contributed by atoms with van der Waals surface area (Å²) in [6.45, 7) is 2.15. The second-order valence-corrected chi connectivity index (χ2v) is 8.01. The zero-order valence-corrected chi connectivity index (χ0v) is 15.8. The molecular formula is C26H22N2. The summed E-state index contributed by atoms with van der Waals surface area (Å²) in [5.74, 6) is 0. The molecule has 0 saturated carbocycles. The van der Waals surface area contributed by atoms with Crippen LogP contribution >= 0.6 is 0 Å². The fourth-order valence-corrected chi connectivity index (χ4v) is 4.92. The molecule has 1 unspecified atom stereocenters. The minimum atomic E-state index is 0.478. The van der Waals surface area contributed by atoms with E-state index >= 15 is 0 Å². The van der Waals surface area contributed by atoms with Crippen LogP contribution in [0.3, 0.4) is 0 Å². The quantitative estimate of drug-likeness (QED) is 0.441. The standard InChI is InChI=1S/C26H22N2/c1-2-6-18(7-3-1)20-10-11-24-21(14-20)15-22-17-28-13-12-19-8-4-5-9-23(19)26(28)16-25(22)27-24/h1-11,14-15,26H,12-13,16-17H2. The van der Waals surface area contributed by atoms with E-state index in [0.29, 0.717) is 6.04 Å². The highest BCUT2D eigenvalue weighted by molar-refractivity contribution is 5.85. The third-order valence-electron chi connectivity index (χ3n) is 6.37. The summed E-state index contributed by atoms with van der Waals surface area (Å²) >= 11 is 0. The van der Waals surface area contributed by atoms with E-state index in [9.17, 15) is 0 Å². The summed E-state index contributed by atoms with van der Waals surface area (Å²) in [4.78, 5) is 7.73. The summed E-state index contributed by atoms with van der Waals surface area (Å²) in [5, 5.41) is 1.25. The Bertz CT molecular complexity index is 1180. The molecule has 1 aromatic heterocycles. The van der Waals surface area contributed by atoms with Gasteiger partial charge in [-0.3, -0.25) is 9.88 Å². The van der Waals surface area contributed by atoms with Crippen LogP contribution in [0.4, 0.5) is 0 Å². The van der Waals surface area contributed by atoms with E-state index in [-0.39, 0.29) is 0 Å². The predicted molar refractivity (Wildman–Crippen MR) is 114 cm³/mol. The van der Waals surface area contributed by atoms with Gasteiger partial charge < -0.3 is 0 Å². The lowest BCUT2D eigenvalue weighted by Crippen LogP contribution is -2.39. The van der Waals surface area contributed by atoms with Crippen LogP contribution in [0, 0.1) is 0 Å². The molecule has 2 aliphatic heterocycles.